The molecule has 1 heterocycles. The zero-order valence-corrected chi connectivity index (χ0v) is 9.16. The van der Waals surface area contributed by atoms with Crippen LogP contribution in [0.4, 0.5) is 4.79 Å². The lowest BCUT2D eigenvalue weighted by Gasteiger charge is -2.31. The summed E-state index contributed by atoms with van der Waals surface area (Å²) in [6.45, 7) is 5.15. The van der Waals surface area contributed by atoms with Crippen molar-refractivity contribution in [2.45, 2.75) is 38.9 Å². The third-order valence-corrected chi connectivity index (χ3v) is 2.31. The fraction of sp³-hybridized carbons (Fsp3) is 0.900. The minimum Gasteiger partial charge on any atom is -0.447 e. The summed E-state index contributed by atoms with van der Waals surface area (Å²) in [6, 6.07) is 0. The van der Waals surface area contributed by atoms with Gasteiger partial charge >= 0.3 is 6.09 Å². The topological polar surface area (TPSA) is 38.8 Å². The molecular weight excluding hydrogens is 182 g/mol. The number of nitrogens with zero attached hydrogens (tertiary/aromatic N) is 1. The van der Waals surface area contributed by atoms with Gasteiger partial charge in [-0.25, -0.2) is 4.79 Å². The highest BCUT2D eigenvalue weighted by Crippen LogP contribution is 2.13. The number of carbonyl (C=O) groups is 1. The Hall–Kier alpha value is -0.770. The van der Waals surface area contributed by atoms with E-state index in [1.165, 1.54) is 0 Å². The minimum atomic E-state index is -0.221. The lowest BCUT2D eigenvalue weighted by atomic mass is 10.1. The van der Waals surface area contributed by atoms with E-state index in [0.717, 1.165) is 19.4 Å². The van der Waals surface area contributed by atoms with Gasteiger partial charge in [-0.2, -0.15) is 0 Å². The summed E-state index contributed by atoms with van der Waals surface area (Å²) in [5, 5.41) is 0. The summed E-state index contributed by atoms with van der Waals surface area (Å²) in [6.07, 6.45) is 1.92. The Balaban J connectivity index is 2.39. The van der Waals surface area contributed by atoms with E-state index >= 15 is 0 Å². The second-order valence-electron chi connectivity index (χ2n) is 3.88. The van der Waals surface area contributed by atoms with Crippen LogP contribution in [0.15, 0.2) is 0 Å². The Kier molecular flexibility index (Phi) is 4.20. The molecule has 0 radical (unpaired) electrons. The summed E-state index contributed by atoms with van der Waals surface area (Å²) < 4.78 is 10.3. The van der Waals surface area contributed by atoms with E-state index in [1.54, 1.807) is 12.0 Å². The zero-order valence-electron chi connectivity index (χ0n) is 9.16. The molecule has 1 rings (SSSR count). The Labute approximate surface area is 85.2 Å². The average Bonchev–Trinajstić information content (AvgIpc) is 2.17. The largest absolute Gasteiger partial charge is 0.447 e. The third kappa shape index (κ3) is 3.18. The molecule has 1 amide bonds. The second kappa shape index (κ2) is 5.20. The maximum Gasteiger partial charge on any atom is 0.410 e. The first-order valence-electron chi connectivity index (χ1n) is 5.12. The van der Waals surface area contributed by atoms with E-state index in [1.807, 2.05) is 13.8 Å². The molecule has 1 atom stereocenters. The predicted molar refractivity (Wildman–Crippen MR) is 53.2 cm³/mol. The van der Waals surface area contributed by atoms with Crippen LogP contribution in [0.25, 0.3) is 0 Å². The summed E-state index contributed by atoms with van der Waals surface area (Å²) in [7, 11) is 1.68. The molecule has 0 spiro atoms. The first-order chi connectivity index (χ1) is 6.63. The van der Waals surface area contributed by atoms with Crippen molar-refractivity contribution in [1.82, 2.24) is 4.90 Å². The molecule has 82 valence electrons. The van der Waals surface area contributed by atoms with E-state index in [-0.39, 0.29) is 18.3 Å². The summed E-state index contributed by atoms with van der Waals surface area (Å²) in [5.41, 5.74) is 0. The van der Waals surface area contributed by atoms with Crippen molar-refractivity contribution in [2.24, 2.45) is 0 Å². The predicted octanol–water partition coefficient (Wildman–Crippen LogP) is 1.64. The number of ether oxygens (including phenoxy) is 2. The van der Waals surface area contributed by atoms with Crippen molar-refractivity contribution < 1.29 is 14.3 Å². The Morgan fingerprint density at radius 2 is 2.21 bits per heavy atom. The van der Waals surface area contributed by atoms with Crippen molar-refractivity contribution in [3.8, 4) is 0 Å². The van der Waals surface area contributed by atoms with Gasteiger partial charge in [0.2, 0.25) is 0 Å². The molecule has 0 aromatic carbocycles. The van der Waals surface area contributed by atoms with E-state index in [2.05, 4.69) is 0 Å². The Morgan fingerprint density at radius 3 is 2.79 bits per heavy atom. The molecule has 0 saturated carbocycles. The molecule has 4 nitrogen and oxygen atoms in total. The second-order valence-corrected chi connectivity index (χ2v) is 3.88. The monoisotopic (exact) mass is 201 g/mol. The van der Waals surface area contributed by atoms with Crippen LogP contribution in [0, 0.1) is 0 Å². The molecule has 14 heavy (non-hydrogen) atoms. The van der Waals surface area contributed by atoms with Crippen LogP contribution in [0.1, 0.15) is 26.7 Å². The molecule has 1 fully saturated rings. The van der Waals surface area contributed by atoms with E-state index in [9.17, 15) is 4.79 Å². The first kappa shape index (κ1) is 11.3. The molecule has 1 aliphatic heterocycles. The number of hydrogen-bond donors (Lipinski definition) is 0. The standard InChI is InChI=1S/C10H19NO3/c1-8(2)14-10(12)11-6-4-5-9(7-11)13-3/h8-9H,4-7H2,1-3H3. The van der Waals surface area contributed by atoms with Crippen molar-refractivity contribution in [3.05, 3.63) is 0 Å². The molecule has 0 aliphatic carbocycles. The van der Waals surface area contributed by atoms with Crippen LogP contribution in [0.3, 0.4) is 0 Å². The number of likely N-dealkylation sites (tertiary alicyclic amines) is 1. The molecule has 1 unspecified atom stereocenters. The highest BCUT2D eigenvalue weighted by atomic mass is 16.6. The lowest BCUT2D eigenvalue weighted by Crippen LogP contribution is -2.43. The van der Waals surface area contributed by atoms with Gasteiger partial charge in [-0.05, 0) is 26.7 Å². The van der Waals surface area contributed by atoms with Gasteiger partial charge in [0.1, 0.15) is 0 Å². The van der Waals surface area contributed by atoms with Crippen LogP contribution in [0.5, 0.6) is 0 Å². The van der Waals surface area contributed by atoms with Crippen LogP contribution < -0.4 is 0 Å². The van der Waals surface area contributed by atoms with Crippen molar-refractivity contribution in [2.75, 3.05) is 20.2 Å². The third-order valence-electron chi connectivity index (χ3n) is 2.31. The van der Waals surface area contributed by atoms with Gasteiger partial charge < -0.3 is 14.4 Å². The van der Waals surface area contributed by atoms with Crippen LogP contribution in [-0.4, -0.2) is 43.4 Å². The summed E-state index contributed by atoms with van der Waals surface area (Å²) in [4.78, 5) is 13.2. The van der Waals surface area contributed by atoms with E-state index in [0.29, 0.717) is 6.54 Å². The Bertz CT molecular complexity index is 194. The quantitative estimate of drug-likeness (QED) is 0.681. The molecule has 0 aromatic heterocycles. The Morgan fingerprint density at radius 1 is 1.50 bits per heavy atom. The van der Waals surface area contributed by atoms with E-state index in [4.69, 9.17) is 9.47 Å². The number of methoxy groups -OCH3 is 1. The molecule has 0 bridgehead atoms. The maximum absolute atomic E-state index is 11.5. The van der Waals surface area contributed by atoms with Gasteiger partial charge in [0.15, 0.2) is 0 Å². The normalized spacial score (nSPS) is 22.6. The zero-order chi connectivity index (χ0) is 10.6. The SMILES string of the molecule is COC1CCCN(C(=O)OC(C)C)C1. The minimum absolute atomic E-state index is 0.0505. The summed E-state index contributed by atoms with van der Waals surface area (Å²) in [5.74, 6) is 0. The van der Waals surface area contributed by atoms with Crippen LogP contribution >= 0.6 is 0 Å². The van der Waals surface area contributed by atoms with Gasteiger partial charge in [0.25, 0.3) is 0 Å². The van der Waals surface area contributed by atoms with Gasteiger partial charge in [0, 0.05) is 13.7 Å². The van der Waals surface area contributed by atoms with E-state index < -0.39 is 0 Å². The molecule has 1 aliphatic rings. The van der Waals surface area contributed by atoms with Crippen LogP contribution in [-0.2, 0) is 9.47 Å². The highest BCUT2D eigenvalue weighted by Gasteiger charge is 2.24. The molecule has 1 saturated heterocycles. The molecule has 0 aromatic rings. The smallest absolute Gasteiger partial charge is 0.410 e. The number of amides is 1. The van der Waals surface area contributed by atoms with Crippen LogP contribution in [0.2, 0.25) is 0 Å². The summed E-state index contributed by atoms with van der Waals surface area (Å²) >= 11 is 0. The number of carbonyl (C=O) groups excluding carboxylic acids is 1. The van der Waals surface area contributed by atoms with Crippen molar-refractivity contribution >= 4 is 6.09 Å². The van der Waals surface area contributed by atoms with Crippen molar-refractivity contribution in [1.29, 1.82) is 0 Å². The van der Waals surface area contributed by atoms with Gasteiger partial charge in [0.05, 0.1) is 18.8 Å². The molecular formula is C10H19NO3. The number of hydrogen-bond acceptors (Lipinski definition) is 3. The molecule has 4 heteroatoms. The van der Waals surface area contributed by atoms with Gasteiger partial charge in [-0.15, -0.1) is 0 Å². The fourth-order valence-corrected chi connectivity index (χ4v) is 1.57. The number of piperidine rings is 1. The molecule has 0 N–H and O–H groups in total. The maximum atomic E-state index is 11.5. The highest BCUT2D eigenvalue weighted by molar-refractivity contribution is 5.67. The fourth-order valence-electron chi connectivity index (χ4n) is 1.57. The lowest BCUT2D eigenvalue weighted by molar-refractivity contribution is 0.0163. The first-order valence-corrected chi connectivity index (χ1v) is 5.12. The average molecular weight is 201 g/mol. The van der Waals surface area contributed by atoms with Gasteiger partial charge in [-0.3, -0.25) is 0 Å². The van der Waals surface area contributed by atoms with Crippen molar-refractivity contribution in [3.63, 3.8) is 0 Å². The van der Waals surface area contributed by atoms with Gasteiger partial charge in [-0.1, -0.05) is 0 Å². The number of rotatable bonds is 2.